The molecule has 1 aromatic carbocycles. The lowest BCUT2D eigenvalue weighted by Gasteiger charge is -2.16. The van der Waals surface area contributed by atoms with E-state index in [0.29, 0.717) is 5.41 Å². The van der Waals surface area contributed by atoms with Gasteiger partial charge in [-0.1, -0.05) is 18.2 Å². The third-order valence-electron chi connectivity index (χ3n) is 4.90. The fraction of sp³-hybridized carbons (Fsp3) is 0.600. The average molecular weight is 213 g/mol. The summed E-state index contributed by atoms with van der Waals surface area (Å²) in [5.74, 6) is 1.82. The van der Waals surface area contributed by atoms with Crippen molar-refractivity contribution < 1.29 is 0 Å². The van der Waals surface area contributed by atoms with E-state index in [1.807, 2.05) is 0 Å². The van der Waals surface area contributed by atoms with Crippen molar-refractivity contribution >= 4 is 0 Å². The fourth-order valence-corrected chi connectivity index (χ4v) is 3.68. The molecule has 1 aliphatic heterocycles. The molecule has 4 rings (SSSR count). The first-order chi connectivity index (χ1) is 7.79. The third-order valence-corrected chi connectivity index (χ3v) is 4.90. The van der Waals surface area contributed by atoms with Crippen molar-refractivity contribution in [3.05, 3.63) is 34.9 Å². The Labute approximate surface area is 97.2 Å². The van der Waals surface area contributed by atoms with Crippen molar-refractivity contribution in [1.82, 2.24) is 5.32 Å². The van der Waals surface area contributed by atoms with Gasteiger partial charge in [0.2, 0.25) is 0 Å². The van der Waals surface area contributed by atoms with E-state index in [9.17, 15) is 0 Å². The van der Waals surface area contributed by atoms with Gasteiger partial charge in [-0.15, -0.1) is 0 Å². The number of hydrogen-bond donors (Lipinski definition) is 1. The minimum atomic E-state index is 0.534. The Morgan fingerprint density at radius 2 is 2.19 bits per heavy atom. The Kier molecular flexibility index (Phi) is 1.67. The van der Waals surface area contributed by atoms with Crippen LogP contribution < -0.4 is 5.32 Å². The summed E-state index contributed by atoms with van der Waals surface area (Å²) < 4.78 is 0. The van der Waals surface area contributed by atoms with Gasteiger partial charge in [-0.3, -0.25) is 0 Å². The molecule has 1 aromatic rings. The zero-order valence-electron chi connectivity index (χ0n) is 9.92. The minimum Gasteiger partial charge on any atom is -0.316 e. The molecule has 2 atom stereocenters. The molecule has 0 bridgehead atoms. The maximum absolute atomic E-state index is 3.54. The van der Waals surface area contributed by atoms with Crippen LogP contribution in [0.5, 0.6) is 0 Å². The van der Waals surface area contributed by atoms with Crippen LogP contribution in [-0.4, -0.2) is 13.1 Å². The highest BCUT2D eigenvalue weighted by Gasteiger charge is 2.58. The molecule has 0 aromatic heterocycles. The summed E-state index contributed by atoms with van der Waals surface area (Å²) in [5.41, 5.74) is 5.29. The van der Waals surface area contributed by atoms with Crippen LogP contribution in [-0.2, 0) is 5.41 Å². The zero-order chi connectivity index (χ0) is 10.8. The smallest absolute Gasteiger partial charge is 0.0124 e. The molecule has 3 fully saturated rings. The van der Waals surface area contributed by atoms with Crippen LogP contribution in [0.3, 0.4) is 0 Å². The highest BCUT2D eigenvalue weighted by Crippen LogP contribution is 2.57. The van der Waals surface area contributed by atoms with Crippen molar-refractivity contribution in [2.75, 3.05) is 13.1 Å². The number of piperidine rings is 1. The van der Waals surface area contributed by atoms with Crippen molar-refractivity contribution in [1.29, 1.82) is 0 Å². The molecule has 2 saturated carbocycles. The van der Waals surface area contributed by atoms with Crippen molar-refractivity contribution in [3.8, 4) is 0 Å². The summed E-state index contributed by atoms with van der Waals surface area (Å²) in [6.07, 6.45) is 4.24. The van der Waals surface area contributed by atoms with E-state index >= 15 is 0 Å². The molecule has 1 heteroatoms. The van der Waals surface area contributed by atoms with Crippen LogP contribution in [0, 0.1) is 12.8 Å². The molecular weight excluding hydrogens is 194 g/mol. The predicted octanol–water partition coefficient (Wildman–Crippen LogP) is 2.73. The number of fused-ring (bicyclic) bond motifs is 1. The lowest BCUT2D eigenvalue weighted by Crippen LogP contribution is -2.20. The average Bonchev–Trinajstić information content (AvgIpc) is 3.18. The van der Waals surface area contributed by atoms with E-state index in [2.05, 4.69) is 30.4 Å². The molecule has 1 N–H and O–H groups in total. The number of nitrogens with one attached hydrogen (secondary N) is 1. The van der Waals surface area contributed by atoms with E-state index in [1.165, 1.54) is 37.9 Å². The maximum Gasteiger partial charge on any atom is 0.0124 e. The number of aryl methyl sites for hydroxylation is 1. The molecule has 0 radical (unpaired) electrons. The molecule has 3 aliphatic rings. The Hall–Kier alpha value is -0.820. The van der Waals surface area contributed by atoms with Gasteiger partial charge in [-0.05, 0) is 61.3 Å². The first-order valence-electron chi connectivity index (χ1n) is 6.61. The molecule has 0 spiro atoms. The van der Waals surface area contributed by atoms with Crippen molar-refractivity contribution in [2.45, 2.75) is 37.5 Å². The SMILES string of the molecule is Cc1cc(C2CC2)ccc1C12CNCC1C2. The van der Waals surface area contributed by atoms with Gasteiger partial charge in [0.15, 0.2) is 0 Å². The van der Waals surface area contributed by atoms with Gasteiger partial charge in [0.1, 0.15) is 0 Å². The fourth-order valence-electron chi connectivity index (χ4n) is 3.68. The monoisotopic (exact) mass is 213 g/mol. The lowest BCUT2D eigenvalue weighted by molar-refractivity contribution is 0.671. The summed E-state index contributed by atoms with van der Waals surface area (Å²) in [5, 5.41) is 3.54. The van der Waals surface area contributed by atoms with Crippen molar-refractivity contribution in [3.63, 3.8) is 0 Å². The van der Waals surface area contributed by atoms with Crippen molar-refractivity contribution in [2.24, 2.45) is 5.92 Å². The Bertz CT molecular complexity index is 447. The molecule has 2 aliphatic carbocycles. The molecule has 84 valence electrons. The Balaban J connectivity index is 1.73. The van der Waals surface area contributed by atoms with Gasteiger partial charge >= 0.3 is 0 Å². The van der Waals surface area contributed by atoms with E-state index < -0.39 is 0 Å². The second kappa shape index (κ2) is 2.89. The molecule has 1 heterocycles. The van der Waals surface area contributed by atoms with Crippen LogP contribution in [0.15, 0.2) is 18.2 Å². The maximum atomic E-state index is 3.54. The quantitative estimate of drug-likeness (QED) is 0.796. The first kappa shape index (κ1) is 9.23. The summed E-state index contributed by atoms with van der Waals surface area (Å²) in [6, 6.07) is 7.27. The highest BCUT2D eigenvalue weighted by molar-refractivity contribution is 5.45. The number of rotatable bonds is 2. The van der Waals surface area contributed by atoms with E-state index in [4.69, 9.17) is 0 Å². The predicted molar refractivity (Wildman–Crippen MR) is 65.8 cm³/mol. The van der Waals surface area contributed by atoms with Gasteiger partial charge in [-0.25, -0.2) is 0 Å². The third kappa shape index (κ3) is 1.15. The standard InChI is InChI=1S/C15H19N/c1-10-6-12(11-2-3-11)4-5-14(10)15-7-13(15)8-16-9-15/h4-6,11,13,16H,2-3,7-9H2,1H3. The van der Waals surface area contributed by atoms with Gasteiger partial charge < -0.3 is 5.32 Å². The summed E-state index contributed by atoms with van der Waals surface area (Å²) >= 11 is 0. The zero-order valence-corrected chi connectivity index (χ0v) is 9.92. The Morgan fingerprint density at radius 3 is 2.75 bits per heavy atom. The van der Waals surface area contributed by atoms with Crippen LogP contribution in [0.2, 0.25) is 0 Å². The van der Waals surface area contributed by atoms with E-state index in [0.717, 1.165) is 11.8 Å². The van der Waals surface area contributed by atoms with E-state index in [-0.39, 0.29) is 0 Å². The molecular formula is C15H19N. The normalized spacial score (nSPS) is 36.2. The summed E-state index contributed by atoms with van der Waals surface area (Å²) in [4.78, 5) is 0. The first-order valence-corrected chi connectivity index (χ1v) is 6.61. The topological polar surface area (TPSA) is 12.0 Å². The van der Waals surface area contributed by atoms with Gasteiger partial charge in [0, 0.05) is 12.0 Å². The molecule has 16 heavy (non-hydrogen) atoms. The number of benzene rings is 1. The van der Waals surface area contributed by atoms with Gasteiger partial charge in [-0.2, -0.15) is 0 Å². The summed E-state index contributed by atoms with van der Waals surface area (Å²) in [6.45, 7) is 4.76. The van der Waals surface area contributed by atoms with Gasteiger partial charge in [0.25, 0.3) is 0 Å². The largest absolute Gasteiger partial charge is 0.316 e. The highest BCUT2D eigenvalue weighted by atomic mass is 15.0. The molecule has 1 saturated heterocycles. The van der Waals surface area contributed by atoms with Crippen LogP contribution >= 0.6 is 0 Å². The summed E-state index contributed by atoms with van der Waals surface area (Å²) in [7, 11) is 0. The van der Waals surface area contributed by atoms with Crippen LogP contribution in [0.4, 0.5) is 0 Å². The molecule has 1 nitrogen and oxygen atoms in total. The second-order valence-electron chi connectivity index (χ2n) is 6.04. The second-order valence-corrected chi connectivity index (χ2v) is 6.04. The minimum absolute atomic E-state index is 0.534. The lowest BCUT2D eigenvalue weighted by atomic mass is 9.89. The van der Waals surface area contributed by atoms with E-state index in [1.54, 1.807) is 11.1 Å². The number of hydrogen-bond acceptors (Lipinski definition) is 1. The molecule has 0 amide bonds. The molecule has 2 unspecified atom stereocenters. The Morgan fingerprint density at radius 1 is 1.31 bits per heavy atom. The van der Waals surface area contributed by atoms with Crippen LogP contribution in [0.25, 0.3) is 0 Å². The van der Waals surface area contributed by atoms with Crippen LogP contribution in [0.1, 0.15) is 41.9 Å². The van der Waals surface area contributed by atoms with Gasteiger partial charge in [0.05, 0.1) is 0 Å².